The molecule has 0 saturated carbocycles. The SMILES string of the molecule is CCC(C)(C)n1nnnc1[C@H](c1ccc(C)cc1)[NH+]1CCSCC1. The summed E-state index contributed by atoms with van der Waals surface area (Å²) in [5.41, 5.74) is 2.52. The molecular formula is C18H28N5S+. The zero-order valence-corrected chi connectivity index (χ0v) is 15.9. The molecule has 1 aromatic heterocycles. The van der Waals surface area contributed by atoms with Crippen molar-refractivity contribution in [3.8, 4) is 0 Å². The Balaban J connectivity index is 2.05. The number of nitrogens with zero attached hydrogens (tertiary/aromatic N) is 4. The van der Waals surface area contributed by atoms with Crippen molar-refractivity contribution in [2.24, 2.45) is 0 Å². The first kappa shape index (κ1) is 17.4. The molecule has 0 amide bonds. The maximum absolute atomic E-state index is 4.48. The van der Waals surface area contributed by atoms with Crippen LogP contribution in [-0.2, 0) is 5.54 Å². The van der Waals surface area contributed by atoms with Gasteiger partial charge in [-0.05, 0) is 37.6 Å². The predicted molar refractivity (Wildman–Crippen MR) is 98.5 cm³/mol. The van der Waals surface area contributed by atoms with Crippen LogP contribution < -0.4 is 4.90 Å². The number of hydrogen-bond acceptors (Lipinski definition) is 4. The Morgan fingerprint density at radius 1 is 1.21 bits per heavy atom. The molecule has 1 N–H and O–H groups in total. The fraction of sp³-hybridized carbons (Fsp3) is 0.611. The van der Waals surface area contributed by atoms with Crippen LogP contribution in [0.5, 0.6) is 0 Å². The Hall–Kier alpha value is -1.40. The van der Waals surface area contributed by atoms with Crippen LogP contribution in [0.15, 0.2) is 24.3 Å². The molecule has 24 heavy (non-hydrogen) atoms. The van der Waals surface area contributed by atoms with Gasteiger partial charge in [0.25, 0.3) is 0 Å². The summed E-state index contributed by atoms with van der Waals surface area (Å²) >= 11 is 2.05. The highest BCUT2D eigenvalue weighted by molar-refractivity contribution is 7.99. The van der Waals surface area contributed by atoms with Gasteiger partial charge >= 0.3 is 0 Å². The Morgan fingerprint density at radius 3 is 2.50 bits per heavy atom. The van der Waals surface area contributed by atoms with Gasteiger partial charge in [-0.2, -0.15) is 11.8 Å². The van der Waals surface area contributed by atoms with E-state index in [-0.39, 0.29) is 11.6 Å². The van der Waals surface area contributed by atoms with Gasteiger partial charge in [-0.15, -0.1) is 5.10 Å². The molecule has 1 saturated heterocycles. The average molecular weight is 347 g/mol. The molecule has 1 aromatic carbocycles. The van der Waals surface area contributed by atoms with Crippen molar-refractivity contribution in [1.29, 1.82) is 0 Å². The number of rotatable bonds is 5. The second kappa shape index (κ2) is 7.23. The third-order valence-electron chi connectivity index (χ3n) is 5.14. The Bertz CT molecular complexity index is 658. The summed E-state index contributed by atoms with van der Waals surface area (Å²) in [6.45, 7) is 11.1. The van der Waals surface area contributed by atoms with Crippen LogP contribution in [0.3, 0.4) is 0 Å². The van der Waals surface area contributed by atoms with Crippen molar-refractivity contribution in [2.45, 2.75) is 45.7 Å². The van der Waals surface area contributed by atoms with E-state index < -0.39 is 0 Å². The molecule has 130 valence electrons. The third kappa shape index (κ3) is 3.49. The van der Waals surface area contributed by atoms with Crippen LogP contribution in [0.2, 0.25) is 0 Å². The quantitative estimate of drug-likeness (QED) is 0.898. The highest BCUT2D eigenvalue weighted by Crippen LogP contribution is 2.25. The zero-order chi connectivity index (χ0) is 17.2. The summed E-state index contributed by atoms with van der Waals surface area (Å²) in [6.07, 6.45) is 0.997. The van der Waals surface area contributed by atoms with E-state index in [1.54, 1.807) is 4.90 Å². The second-order valence-electron chi connectivity index (χ2n) is 7.23. The van der Waals surface area contributed by atoms with Gasteiger partial charge in [0.2, 0.25) is 5.82 Å². The number of benzene rings is 1. The normalized spacial score (nSPS) is 17.8. The fourth-order valence-electron chi connectivity index (χ4n) is 3.20. The van der Waals surface area contributed by atoms with Crippen molar-refractivity contribution in [3.05, 3.63) is 41.2 Å². The molecule has 0 bridgehead atoms. The molecule has 5 nitrogen and oxygen atoms in total. The highest BCUT2D eigenvalue weighted by Gasteiger charge is 2.35. The zero-order valence-electron chi connectivity index (χ0n) is 15.1. The lowest BCUT2D eigenvalue weighted by Gasteiger charge is -2.33. The molecule has 0 unspecified atom stereocenters. The second-order valence-corrected chi connectivity index (χ2v) is 8.45. The largest absolute Gasteiger partial charge is 0.321 e. The molecule has 2 aromatic rings. The van der Waals surface area contributed by atoms with E-state index in [1.807, 2.05) is 16.4 Å². The van der Waals surface area contributed by atoms with Crippen molar-refractivity contribution in [3.63, 3.8) is 0 Å². The first-order valence-electron chi connectivity index (χ1n) is 8.80. The lowest BCUT2D eigenvalue weighted by atomic mass is 9.99. The van der Waals surface area contributed by atoms with Crippen molar-refractivity contribution >= 4 is 11.8 Å². The van der Waals surface area contributed by atoms with Crippen LogP contribution in [0.1, 0.15) is 50.2 Å². The van der Waals surface area contributed by atoms with Gasteiger partial charge in [0, 0.05) is 17.1 Å². The number of aromatic nitrogens is 4. The summed E-state index contributed by atoms with van der Waals surface area (Å²) in [4.78, 5) is 1.57. The molecule has 2 heterocycles. The highest BCUT2D eigenvalue weighted by atomic mass is 32.2. The van der Waals surface area contributed by atoms with Gasteiger partial charge in [-0.25, -0.2) is 4.68 Å². The summed E-state index contributed by atoms with van der Waals surface area (Å²) in [5, 5.41) is 12.9. The summed E-state index contributed by atoms with van der Waals surface area (Å²) in [5.74, 6) is 3.40. The Labute approximate surface area is 148 Å². The van der Waals surface area contributed by atoms with E-state index in [0.29, 0.717) is 0 Å². The smallest absolute Gasteiger partial charge is 0.214 e. The molecule has 1 aliphatic heterocycles. The molecule has 1 aliphatic rings. The maximum atomic E-state index is 4.48. The summed E-state index contributed by atoms with van der Waals surface area (Å²) < 4.78 is 2.05. The minimum Gasteiger partial charge on any atom is -0.321 e. The summed E-state index contributed by atoms with van der Waals surface area (Å²) in [6, 6.07) is 9.07. The number of hydrogen-bond donors (Lipinski definition) is 1. The molecular weight excluding hydrogens is 318 g/mol. The van der Waals surface area contributed by atoms with Gasteiger partial charge in [0.1, 0.15) is 0 Å². The molecule has 0 radical (unpaired) electrons. The molecule has 6 heteroatoms. The minimum absolute atomic E-state index is 0.0776. The van der Waals surface area contributed by atoms with Crippen LogP contribution in [-0.4, -0.2) is 44.8 Å². The van der Waals surface area contributed by atoms with Crippen LogP contribution in [0.25, 0.3) is 0 Å². The minimum atomic E-state index is -0.0776. The molecule has 3 rings (SSSR count). The van der Waals surface area contributed by atoms with Crippen LogP contribution in [0, 0.1) is 6.92 Å². The van der Waals surface area contributed by atoms with E-state index in [2.05, 4.69) is 67.5 Å². The maximum Gasteiger partial charge on any atom is 0.214 e. The standard InChI is InChI=1S/C18H27N5S/c1-5-18(3,4)23-17(19-20-21-23)16(22-10-12-24-13-11-22)15-8-6-14(2)7-9-15/h6-9,16H,5,10-13H2,1-4H3/p+1/t16-/m0/s1. The first-order valence-corrected chi connectivity index (χ1v) is 9.96. The third-order valence-corrected chi connectivity index (χ3v) is 6.13. The molecule has 1 fully saturated rings. The van der Waals surface area contributed by atoms with Gasteiger partial charge in [-0.3, -0.25) is 0 Å². The van der Waals surface area contributed by atoms with E-state index in [1.165, 1.54) is 22.6 Å². The van der Waals surface area contributed by atoms with Gasteiger partial charge < -0.3 is 4.90 Å². The van der Waals surface area contributed by atoms with E-state index >= 15 is 0 Å². The van der Waals surface area contributed by atoms with Crippen molar-refractivity contribution in [2.75, 3.05) is 24.6 Å². The lowest BCUT2D eigenvalue weighted by molar-refractivity contribution is -0.922. The number of nitrogens with one attached hydrogen (secondary N) is 1. The predicted octanol–water partition coefficient (Wildman–Crippen LogP) is 1.85. The molecule has 0 aliphatic carbocycles. The molecule has 0 spiro atoms. The van der Waals surface area contributed by atoms with Crippen molar-refractivity contribution in [1.82, 2.24) is 20.2 Å². The fourth-order valence-corrected chi connectivity index (χ4v) is 4.22. The van der Waals surface area contributed by atoms with E-state index in [4.69, 9.17) is 0 Å². The van der Waals surface area contributed by atoms with Gasteiger partial charge in [0.15, 0.2) is 6.04 Å². The van der Waals surface area contributed by atoms with Crippen LogP contribution in [0.4, 0.5) is 0 Å². The van der Waals surface area contributed by atoms with E-state index in [9.17, 15) is 0 Å². The number of aryl methyl sites for hydroxylation is 1. The van der Waals surface area contributed by atoms with Crippen LogP contribution >= 0.6 is 11.8 Å². The summed E-state index contributed by atoms with van der Waals surface area (Å²) in [7, 11) is 0. The lowest BCUT2D eigenvalue weighted by Crippen LogP contribution is -3.14. The Kier molecular flexibility index (Phi) is 5.25. The number of quaternary nitrogens is 1. The first-order chi connectivity index (χ1) is 11.5. The Morgan fingerprint density at radius 2 is 1.88 bits per heavy atom. The average Bonchev–Trinajstić information content (AvgIpc) is 3.08. The number of tetrazole rings is 1. The number of thioether (sulfide) groups is 1. The monoisotopic (exact) mass is 346 g/mol. The topological polar surface area (TPSA) is 48.0 Å². The van der Waals surface area contributed by atoms with Gasteiger partial charge in [-0.1, -0.05) is 36.8 Å². The van der Waals surface area contributed by atoms with Crippen molar-refractivity contribution < 1.29 is 4.90 Å². The molecule has 1 atom stereocenters. The van der Waals surface area contributed by atoms with E-state index in [0.717, 1.165) is 25.3 Å². The van der Waals surface area contributed by atoms with Gasteiger partial charge in [0.05, 0.1) is 18.6 Å².